The van der Waals surface area contributed by atoms with Crippen molar-refractivity contribution in [3.05, 3.63) is 28.7 Å². The van der Waals surface area contributed by atoms with Crippen LogP contribution in [0.2, 0.25) is 0 Å². The van der Waals surface area contributed by atoms with E-state index in [1.807, 2.05) is 24.3 Å². The van der Waals surface area contributed by atoms with Crippen LogP contribution in [0.5, 0.6) is 0 Å². The number of carbonyl (C=O) groups is 2. The van der Waals surface area contributed by atoms with E-state index < -0.39 is 11.6 Å². The van der Waals surface area contributed by atoms with Gasteiger partial charge in [0, 0.05) is 21.5 Å². The Morgan fingerprint density at radius 2 is 1.95 bits per heavy atom. The molecule has 1 aromatic rings. The zero-order valence-corrected chi connectivity index (χ0v) is 13.3. The highest BCUT2D eigenvalue weighted by Gasteiger charge is 2.30. The number of hydrogen-bond donors (Lipinski definition) is 3. The van der Waals surface area contributed by atoms with Crippen molar-refractivity contribution in [3.63, 3.8) is 0 Å². The van der Waals surface area contributed by atoms with Crippen LogP contribution >= 0.6 is 27.7 Å². The predicted octanol–water partition coefficient (Wildman–Crippen LogP) is 1.88. The first kappa shape index (κ1) is 17.0. The molecule has 0 aliphatic carbocycles. The summed E-state index contributed by atoms with van der Waals surface area (Å²) in [4.78, 5) is 23.2. The number of aliphatic hydroxyl groups is 1. The van der Waals surface area contributed by atoms with Gasteiger partial charge in [0.15, 0.2) is 5.60 Å². The maximum atomic E-state index is 11.5. The van der Waals surface area contributed by atoms with Crippen molar-refractivity contribution in [2.24, 2.45) is 0 Å². The fourth-order valence-electron chi connectivity index (χ4n) is 1.23. The van der Waals surface area contributed by atoms with Gasteiger partial charge in [0.2, 0.25) is 5.91 Å². The zero-order chi connectivity index (χ0) is 15.2. The lowest BCUT2D eigenvalue weighted by molar-refractivity contribution is -0.156. The van der Waals surface area contributed by atoms with E-state index in [0.29, 0.717) is 5.75 Å². The largest absolute Gasteiger partial charge is 0.479 e. The number of aliphatic carboxylic acids is 1. The van der Waals surface area contributed by atoms with Gasteiger partial charge in [0.25, 0.3) is 0 Å². The number of amides is 1. The number of benzene rings is 1. The first-order valence-corrected chi connectivity index (χ1v) is 7.70. The highest BCUT2D eigenvalue weighted by atomic mass is 79.9. The standard InChI is InChI=1S/C13H16BrNO4S/c1-13(19,12(17)18)8-15-11(16)6-7-20-10-4-2-9(14)3-5-10/h2-5,19H,6-8H2,1H3,(H,15,16)(H,17,18). The summed E-state index contributed by atoms with van der Waals surface area (Å²) in [6, 6.07) is 7.74. The molecule has 1 atom stereocenters. The SMILES string of the molecule is CC(O)(CNC(=O)CCSc1ccc(Br)cc1)C(=O)O. The molecule has 0 saturated heterocycles. The second kappa shape index (κ2) is 7.66. The Balaban J connectivity index is 2.27. The van der Waals surface area contributed by atoms with Gasteiger partial charge in [-0.25, -0.2) is 4.79 Å². The molecule has 1 unspecified atom stereocenters. The third-order valence-electron chi connectivity index (χ3n) is 2.50. The summed E-state index contributed by atoms with van der Waals surface area (Å²) in [6.45, 7) is 0.844. The van der Waals surface area contributed by atoms with Crippen LogP contribution in [-0.4, -0.2) is 40.0 Å². The first-order chi connectivity index (χ1) is 9.31. The molecule has 1 amide bonds. The topological polar surface area (TPSA) is 86.6 Å². The van der Waals surface area contributed by atoms with Crippen molar-refractivity contribution in [3.8, 4) is 0 Å². The molecule has 0 aromatic heterocycles. The van der Waals surface area contributed by atoms with Crippen LogP contribution in [0, 0.1) is 0 Å². The van der Waals surface area contributed by atoms with Gasteiger partial charge in [-0.2, -0.15) is 0 Å². The summed E-state index contributed by atoms with van der Waals surface area (Å²) in [5.41, 5.74) is -1.94. The van der Waals surface area contributed by atoms with Gasteiger partial charge in [-0.15, -0.1) is 11.8 Å². The number of carboxylic acids is 1. The van der Waals surface area contributed by atoms with Gasteiger partial charge >= 0.3 is 5.97 Å². The van der Waals surface area contributed by atoms with Crippen molar-refractivity contribution >= 4 is 39.6 Å². The Morgan fingerprint density at radius 1 is 1.35 bits per heavy atom. The van der Waals surface area contributed by atoms with E-state index in [1.54, 1.807) is 0 Å². The van der Waals surface area contributed by atoms with E-state index in [2.05, 4.69) is 21.2 Å². The Hall–Kier alpha value is -1.05. The predicted molar refractivity (Wildman–Crippen MR) is 80.8 cm³/mol. The molecule has 110 valence electrons. The van der Waals surface area contributed by atoms with Gasteiger partial charge in [-0.1, -0.05) is 15.9 Å². The van der Waals surface area contributed by atoms with Crippen LogP contribution in [0.25, 0.3) is 0 Å². The molecule has 0 aliphatic heterocycles. The molecule has 0 spiro atoms. The summed E-state index contributed by atoms with van der Waals surface area (Å²) in [7, 11) is 0. The average molecular weight is 362 g/mol. The third-order valence-corrected chi connectivity index (χ3v) is 4.04. The maximum absolute atomic E-state index is 11.5. The molecule has 1 rings (SSSR count). The third kappa shape index (κ3) is 5.94. The van der Waals surface area contributed by atoms with Crippen LogP contribution in [0.15, 0.2) is 33.6 Å². The molecule has 5 nitrogen and oxygen atoms in total. The lowest BCUT2D eigenvalue weighted by Crippen LogP contribution is -2.46. The van der Waals surface area contributed by atoms with E-state index in [9.17, 15) is 14.7 Å². The molecule has 3 N–H and O–H groups in total. The molecule has 1 aromatic carbocycles. The molecule has 0 radical (unpaired) electrons. The highest BCUT2D eigenvalue weighted by Crippen LogP contribution is 2.21. The summed E-state index contributed by atoms with van der Waals surface area (Å²) in [6.07, 6.45) is 0.260. The summed E-state index contributed by atoms with van der Waals surface area (Å²) in [5.74, 6) is -1.05. The Morgan fingerprint density at radius 3 is 2.50 bits per heavy atom. The number of carboxylic acid groups (broad SMARTS) is 1. The van der Waals surface area contributed by atoms with E-state index >= 15 is 0 Å². The molecular formula is C13H16BrNO4S. The number of thioether (sulfide) groups is 1. The zero-order valence-electron chi connectivity index (χ0n) is 10.9. The quantitative estimate of drug-likeness (QED) is 0.645. The normalized spacial score (nSPS) is 13.6. The van der Waals surface area contributed by atoms with E-state index in [1.165, 1.54) is 11.8 Å². The lowest BCUT2D eigenvalue weighted by Gasteiger charge is -2.18. The molecule has 0 saturated carbocycles. The van der Waals surface area contributed by atoms with Crippen LogP contribution < -0.4 is 5.32 Å². The second-order valence-corrected chi connectivity index (χ2v) is 6.49. The van der Waals surface area contributed by atoms with Crippen molar-refractivity contribution < 1.29 is 19.8 Å². The molecule has 7 heteroatoms. The van der Waals surface area contributed by atoms with E-state index in [4.69, 9.17) is 5.11 Å². The van der Waals surface area contributed by atoms with Gasteiger partial charge in [0.1, 0.15) is 0 Å². The van der Waals surface area contributed by atoms with E-state index in [0.717, 1.165) is 16.3 Å². The fraction of sp³-hybridized carbons (Fsp3) is 0.385. The number of rotatable bonds is 7. The second-order valence-electron chi connectivity index (χ2n) is 4.41. The van der Waals surface area contributed by atoms with Crippen molar-refractivity contribution in [2.75, 3.05) is 12.3 Å². The van der Waals surface area contributed by atoms with Crippen molar-refractivity contribution in [2.45, 2.75) is 23.8 Å². The highest BCUT2D eigenvalue weighted by molar-refractivity contribution is 9.10. The van der Waals surface area contributed by atoms with Crippen LogP contribution in [0.1, 0.15) is 13.3 Å². The first-order valence-electron chi connectivity index (χ1n) is 5.92. The molecular weight excluding hydrogens is 346 g/mol. The van der Waals surface area contributed by atoms with Crippen LogP contribution in [-0.2, 0) is 9.59 Å². The summed E-state index contributed by atoms with van der Waals surface area (Å²) < 4.78 is 0.996. The van der Waals surface area contributed by atoms with E-state index in [-0.39, 0.29) is 18.9 Å². The Labute approximate surface area is 129 Å². The maximum Gasteiger partial charge on any atom is 0.337 e. The molecule has 0 heterocycles. The monoisotopic (exact) mass is 361 g/mol. The molecule has 0 aliphatic rings. The molecule has 20 heavy (non-hydrogen) atoms. The number of carbonyl (C=O) groups excluding carboxylic acids is 1. The minimum absolute atomic E-state index is 0.260. The fourth-order valence-corrected chi connectivity index (χ4v) is 2.34. The minimum Gasteiger partial charge on any atom is -0.479 e. The summed E-state index contributed by atoms with van der Waals surface area (Å²) in [5, 5.41) is 20.5. The van der Waals surface area contributed by atoms with Gasteiger partial charge < -0.3 is 15.5 Å². The Kier molecular flexibility index (Phi) is 6.51. The summed E-state index contributed by atoms with van der Waals surface area (Å²) >= 11 is 4.88. The molecule has 0 bridgehead atoms. The average Bonchev–Trinajstić information content (AvgIpc) is 2.39. The number of hydrogen-bond acceptors (Lipinski definition) is 4. The van der Waals surface area contributed by atoms with Crippen LogP contribution in [0.3, 0.4) is 0 Å². The number of halogens is 1. The van der Waals surface area contributed by atoms with Crippen LogP contribution in [0.4, 0.5) is 0 Å². The van der Waals surface area contributed by atoms with Gasteiger partial charge in [-0.3, -0.25) is 4.79 Å². The smallest absolute Gasteiger partial charge is 0.337 e. The van der Waals surface area contributed by atoms with Crippen molar-refractivity contribution in [1.29, 1.82) is 0 Å². The van der Waals surface area contributed by atoms with Crippen molar-refractivity contribution in [1.82, 2.24) is 5.32 Å². The number of nitrogens with one attached hydrogen (secondary N) is 1. The minimum atomic E-state index is -1.94. The lowest BCUT2D eigenvalue weighted by atomic mass is 10.1. The molecule has 0 fully saturated rings. The Bertz CT molecular complexity index is 476. The van der Waals surface area contributed by atoms with Gasteiger partial charge in [-0.05, 0) is 31.2 Å². The van der Waals surface area contributed by atoms with Gasteiger partial charge in [0.05, 0.1) is 6.54 Å².